The smallest absolute Gasteiger partial charge is 0.217 e. The number of aromatic nitrogens is 1. The first kappa shape index (κ1) is 9.19. The van der Waals surface area contributed by atoms with E-state index in [4.69, 9.17) is 0 Å². The van der Waals surface area contributed by atoms with E-state index in [1.54, 1.807) is 11.3 Å². The molecule has 1 N–H and O–H groups in total. The highest BCUT2D eigenvalue weighted by atomic mass is 32.1. The standard InChI is InChI=1S/C8H12N2OS/c1-5-4-12-8(9-5)6(2)10-7(3)11/h4,6H,1-3H3,(H,10,11). The van der Waals surface area contributed by atoms with Crippen LogP contribution in [0.25, 0.3) is 0 Å². The van der Waals surface area contributed by atoms with Gasteiger partial charge in [0.15, 0.2) is 0 Å². The zero-order valence-corrected chi connectivity index (χ0v) is 8.23. The molecular formula is C8H12N2OS. The Morgan fingerprint density at radius 3 is 2.83 bits per heavy atom. The van der Waals surface area contributed by atoms with Crippen molar-refractivity contribution in [2.24, 2.45) is 0 Å². The van der Waals surface area contributed by atoms with Gasteiger partial charge in [-0.2, -0.15) is 0 Å². The van der Waals surface area contributed by atoms with Crippen LogP contribution >= 0.6 is 11.3 Å². The van der Waals surface area contributed by atoms with Gasteiger partial charge in [-0.3, -0.25) is 4.79 Å². The molecule has 1 heterocycles. The van der Waals surface area contributed by atoms with Crippen molar-refractivity contribution in [2.45, 2.75) is 26.8 Å². The predicted octanol–water partition coefficient (Wildman–Crippen LogP) is 1.65. The average molecular weight is 184 g/mol. The highest BCUT2D eigenvalue weighted by molar-refractivity contribution is 7.09. The monoisotopic (exact) mass is 184 g/mol. The fourth-order valence-corrected chi connectivity index (χ4v) is 1.74. The van der Waals surface area contributed by atoms with Gasteiger partial charge in [-0.1, -0.05) is 0 Å². The van der Waals surface area contributed by atoms with Crippen LogP contribution in [0.5, 0.6) is 0 Å². The zero-order chi connectivity index (χ0) is 9.14. The van der Waals surface area contributed by atoms with E-state index in [1.165, 1.54) is 6.92 Å². The maximum Gasteiger partial charge on any atom is 0.217 e. The summed E-state index contributed by atoms with van der Waals surface area (Å²) in [6, 6.07) is 0.0289. The summed E-state index contributed by atoms with van der Waals surface area (Å²) in [5.41, 5.74) is 1.01. The molecule has 0 saturated carbocycles. The van der Waals surface area contributed by atoms with Gasteiger partial charge < -0.3 is 5.32 Å². The highest BCUT2D eigenvalue weighted by Gasteiger charge is 2.09. The van der Waals surface area contributed by atoms with E-state index in [1.807, 2.05) is 19.2 Å². The Bertz CT molecular complexity index is 282. The number of carbonyl (C=O) groups excluding carboxylic acids is 1. The van der Waals surface area contributed by atoms with Gasteiger partial charge in [0.1, 0.15) is 5.01 Å². The number of amides is 1. The Kier molecular flexibility index (Phi) is 2.81. The Labute approximate surface area is 75.8 Å². The molecule has 1 aromatic rings. The van der Waals surface area contributed by atoms with Crippen LogP contribution in [-0.4, -0.2) is 10.9 Å². The number of rotatable bonds is 2. The summed E-state index contributed by atoms with van der Waals surface area (Å²) in [7, 11) is 0. The molecule has 0 aliphatic heterocycles. The Balaban J connectivity index is 2.64. The minimum Gasteiger partial charge on any atom is -0.347 e. The number of carbonyl (C=O) groups is 1. The lowest BCUT2D eigenvalue weighted by atomic mass is 10.3. The van der Waals surface area contributed by atoms with Gasteiger partial charge in [0, 0.05) is 18.0 Å². The van der Waals surface area contributed by atoms with E-state index in [2.05, 4.69) is 10.3 Å². The minimum absolute atomic E-state index is 0.0182. The quantitative estimate of drug-likeness (QED) is 0.759. The lowest BCUT2D eigenvalue weighted by molar-refractivity contribution is -0.119. The third kappa shape index (κ3) is 2.30. The van der Waals surface area contributed by atoms with Gasteiger partial charge >= 0.3 is 0 Å². The fraction of sp³-hybridized carbons (Fsp3) is 0.500. The van der Waals surface area contributed by atoms with Crippen molar-refractivity contribution in [3.63, 3.8) is 0 Å². The van der Waals surface area contributed by atoms with Crippen LogP contribution in [-0.2, 0) is 4.79 Å². The molecule has 0 aromatic carbocycles. The predicted molar refractivity (Wildman–Crippen MR) is 49.1 cm³/mol. The summed E-state index contributed by atoms with van der Waals surface area (Å²) in [5.74, 6) is -0.0182. The SMILES string of the molecule is CC(=O)NC(C)c1nc(C)cs1. The lowest BCUT2D eigenvalue weighted by Gasteiger charge is -2.07. The topological polar surface area (TPSA) is 42.0 Å². The Morgan fingerprint density at radius 1 is 1.75 bits per heavy atom. The van der Waals surface area contributed by atoms with Gasteiger partial charge in [-0.05, 0) is 13.8 Å². The number of nitrogens with zero attached hydrogens (tertiary/aromatic N) is 1. The highest BCUT2D eigenvalue weighted by Crippen LogP contribution is 2.16. The van der Waals surface area contributed by atoms with Crippen molar-refractivity contribution >= 4 is 17.2 Å². The van der Waals surface area contributed by atoms with Gasteiger partial charge in [-0.15, -0.1) is 11.3 Å². The first-order chi connectivity index (χ1) is 5.59. The Morgan fingerprint density at radius 2 is 2.42 bits per heavy atom. The van der Waals surface area contributed by atoms with E-state index in [9.17, 15) is 4.79 Å². The summed E-state index contributed by atoms with van der Waals surface area (Å²) in [4.78, 5) is 15.0. The molecule has 1 rings (SSSR count). The number of nitrogens with one attached hydrogen (secondary N) is 1. The summed E-state index contributed by atoms with van der Waals surface area (Å²) in [6.07, 6.45) is 0. The number of hydrogen-bond donors (Lipinski definition) is 1. The maximum atomic E-state index is 10.7. The minimum atomic E-state index is -0.0182. The molecule has 0 aliphatic carbocycles. The van der Waals surface area contributed by atoms with E-state index >= 15 is 0 Å². The van der Waals surface area contributed by atoms with Crippen molar-refractivity contribution < 1.29 is 4.79 Å². The van der Waals surface area contributed by atoms with Crippen LogP contribution in [0.4, 0.5) is 0 Å². The van der Waals surface area contributed by atoms with Gasteiger partial charge in [0.2, 0.25) is 5.91 Å². The molecule has 12 heavy (non-hydrogen) atoms. The molecule has 1 amide bonds. The second kappa shape index (κ2) is 3.67. The molecule has 4 heteroatoms. The molecule has 1 atom stereocenters. The summed E-state index contributed by atoms with van der Waals surface area (Å²) in [6.45, 7) is 5.39. The molecule has 0 radical (unpaired) electrons. The van der Waals surface area contributed by atoms with Crippen molar-refractivity contribution in [1.29, 1.82) is 0 Å². The maximum absolute atomic E-state index is 10.7. The van der Waals surface area contributed by atoms with Crippen LogP contribution < -0.4 is 5.32 Å². The Hall–Kier alpha value is -0.900. The third-order valence-corrected chi connectivity index (χ3v) is 2.57. The molecule has 0 fully saturated rings. The second-order valence-electron chi connectivity index (χ2n) is 2.75. The van der Waals surface area contributed by atoms with Crippen molar-refractivity contribution in [3.8, 4) is 0 Å². The fourth-order valence-electron chi connectivity index (χ4n) is 0.938. The van der Waals surface area contributed by atoms with Gasteiger partial charge in [0.05, 0.1) is 6.04 Å². The molecule has 0 saturated heterocycles. The molecule has 0 aliphatic rings. The van der Waals surface area contributed by atoms with Crippen molar-refractivity contribution in [3.05, 3.63) is 16.1 Å². The van der Waals surface area contributed by atoms with Gasteiger partial charge in [0.25, 0.3) is 0 Å². The normalized spacial score (nSPS) is 12.6. The molecule has 66 valence electrons. The van der Waals surface area contributed by atoms with E-state index in [-0.39, 0.29) is 11.9 Å². The zero-order valence-electron chi connectivity index (χ0n) is 7.42. The first-order valence-corrected chi connectivity index (χ1v) is 4.66. The lowest BCUT2D eigenvalue weighted by Crippen LogP contribution is -2.23. The second-order valence-corrected chi connectivity index (χ2v) is 3.64. The van der Waals surface area contributed by atoms with Crippen LogP contribution in [0, 0.1) is 6.92 Å². The number of hydrogen-bond acceptors (Lipinski definition) is 3. The van der Waals surface area contributed by atoms with Crippen molar-refractivity contribution in [2.75, 3.05) is 0 Å². The van der Waals surface area contributed by atoms with Crippen LogP contribution in [0.2, 0.25) is 0 Å². The summed E-state index contributed by atoms with van der Waals surface area (Å²) in [5, 5.41) is 5.72. The first-order valence-electron chi connectivity index (χ1n) is 3.78. The van der Waals surface area contributed by atoms with E-state index in [0.717, 1.165) is 10.7 Å². The van der Waals surface area contributed by atoms with E-state index < -0.39 is 0 Å². The molecule has 0 spiro atoms. The molecule has 1 unspecified atom stereocenters. The molecule has 0 bridgehead atoms. The summed E-state index contributed by atoms with van der Waals surface area (Å²) < 4.78 is 0. The third-order valence-electron chi connectivity index (χ3n) is 1.43. The van der Waals surface area contributed by atoms with Crippen LogP contribution in [0.3, 0.4) is 0 Å². The van der Waals surface area contributed by atoms with Crippen molar-refractivity contribution in [1.82, 2.24) is 10.3 Å². The number of aryl methyl sites for hydroxylation is 1. The summed E-state index contributed by atoms with van der Waals surface area (Å²) >= 11 is 1.57. The molecule has 1 aromatic heterocycles. The van der Waals surface area contributed by atoms with Crippen LogP contribution in [0.1, 0.15) is 30.6 Å². The van der Waals surface area contributed by atoms with E-state index in [0.29, 0.717) is 0 Å². The molecular weight excluding hydrogens is 172 g/mol. The van der Waals surface area contributed by atoms with Crippen LogP contribution in [0.15, 0.2) is 5.38 Å². The largest absolute Gasteiger partial charge is 0.347 e. The van der Waals surface area contributed by atoms with Gasteiger partial charge in [-0.25, -0.2) is 4.98 Å². The molecule has 3 nitrogen and oxygen atoms in total. The average Bonchev–Trinajstić information content (AvgIpc) is 2.34. The number of thiazole rings is 1.